The van der Waals surface area contributed by atoms with Gasteiger partial charge in [0, 0.05) is 28.5 Å². The van der Waals surface area contributed by atoms with Crippen LogP contribution < -0.4 is 9.57 Å². The lowest BCUT2D eigenvalue weighted by Crippen LogP contribution is -2.34. The van der Waals surface area contributed by atoms with E-state index in [-0.39, 0.29) is 25.1 Å². The molecule has 0 aliphatic carbocycles. The first-order valence-electron chi connectivity index (χ1n) is 11.6. The van der Waals surface area contributed by atoms with E-state index >= 15 is 0 Å². The quantitative estimate of drug-likeness (QED) is 0.188. The van der Waals surface area contributed by atoms with Crippen molar-refractivity contribution in [2.24, 2.45) is 0 Å². The molecule has 0 saturated carbocycles. The minimum Gasteiger partial charge on any atom is -0.491 e. The van der Waals surface area contributed by atoms with Gasteiger partial charge >= 0.3 is 0 Å². The summed E-state index contributed by atoms with van der Waals surface area (Å²) in [7, 11) is 0. The highest BCUT2D eigenvalue weighted by Gasteiger charge is 2.45. The van der Waals surface area contributed by atoms with E-state index in [1.807, 2.05) is 17.6 Å². The first-order chi connectivity index (χ1) is 18.9. The number of nitrogens with zero attached hydrogens (tertiary/aromatic N) is 3. The van der Waals surface area contributed by atoms with E-state index in [1.54, 1.807) is 79.3 Å². The smallest absolute Gasteiger partial charge is 0.299 e. The maximum absolute atomic E-state index is 10.8. The third-order valence-corrected chi connectivity index (χ3v) is 6.36. The Morgan fingerprint density at radius 2 is 1.90 bits per heavy atom. The second-order valence-corrected chi connectivity index (χ2v) is 9.15. The number of hydrogen-bond donors (Lipinski definition) is 0. The summed E-state index contributed by atoms with van der Waals surface area (Å²) in [6, 6.07) is 19.1. The maximum atomic E-state index is 10.8. The molecule has 0 amide bonds. The summed E-state index contributed by atoms with van der Waals surface area (Å²) in [6.45, 7) is 2.86. The van der Waals surface area contributed by atoms with Crippen LogP contribution in [0.25, 0.3) is 11.1 Å². The molecular formula is C27H23Cl2N3O7. The van der Waals surface area contributed by atoms with Crippen LogP contribution in [0.3, 0.4) is 0 Å². The summed E-state index contributed by atoms with van der Waals surface area (Å²) in [5.74, 6) is -0.370. The molecule has 1 aliphatic rings. The first-order valence-corrected chi connectivity index (χ1v) is 12.3. The molecule has 2 heterocycles. The second-order valence-electron chi connectivity index (χ2n) is 8.31. The van der Waals surface area contributed by atoms with Gasteiger partial charge in [-0.25, -0.2) is 4.98 Å². The molecule has 12 heteroatoms. The zero-order valence-corrected chi connectivity index (χ0v) is 22.0. The van der Waals surface area contributed by atoms with Crippen LogP contribution in [-0.4, -0.2) is 40.7 Å². The minimum atomic E-state index is -1.14. The molecule has 202 valence electrons. The lowest BCUT2D eigenvalue weighted by molar-refractivity contribution is -0.710. The molecule has 0 N–H and O–H groups in total. The molecule has 5 rings (SSSR count). The van der Waals surface area contributed by atoms with Gasteiger partial charge in [0.05, 0.1) is 24.5 Å². The van der Waals surface area contributed by atoms with E-state index in [1.165, 1.54) is 0 Å². The molecule has 0 bridgehead atoms. The molecule has 2 unspecified atom stereocenters. The van der Waals surface area contributed by atoms with Crippen molar-refractivity contribution in [1.82, 2.24) is 9.55 Å². The van der Waals surface area contributed by atoms with Gasteiger partial charge in [-0.2, -0.15) is 0 Å². The number of hydrogen-bond acceptors (Lipinski definition) is 8. The Hall–Kier alpha value is -3.96. The molecule has 1 aliphatic heterocycles. The number of ether oxygens (including phenoxy) is 3. The van der Waals surface area contributed by atoms with Crippen LogP contribution in [0.1, 0.15) is 5.56 Å². The predicted molar refractivity (Wildman–Crippen MR) is 143 cm³/mol. The highest BCUT2D eigenvalue weighted by atomic mass is 35.5. The average molecular weight is 572 g/mol. The fourth-order valence-corrected chi connectivity index (χ4v) is 4.71. The summed E-state index contributed by atoms with van der Waals surface area (Å²) < 4.78 is 20.4. The minimum absolute atomic E-state index is 0.160. The lowest BCUT2D eigenvalue weighted by atomic mass is 10.0. The Balaban J connectivity index is 0.00000172. The van der Waals surface area contributed by atoms with Crippen molar-refractivity contribution in [3.8, 4) is 22.6 Å². The Bertz CT molecular complexity index is 1400. The molecule has 1 fully saturated rings. The van der Waals surface area contributed by atoms with Gasteiger partial charge in [-0.1, -0.05) is 59.6 Å². The number of carbonyl (C=O) groups is 1. The monoisotopic (exact) mass is 571 g/mol. The lowest BCUT2D eigenvalue weighted by Gasteiger charge is -2.30. The third-order valence-electron chi connectivity index (χ3n) is 5.81. The molecule has 10 nitrogen and oxygen atoms in total. The van der Waals surface area contributed by atoms with Crippen LogP contribution in [0.4, 0.5) is 0 Å². The fraction of sp³-hybridized carbons (Fsp3) is 0.185. The Morgan fingerprint density at radius 3 is 2.59 bits per heavy atom. The van der Waals surface area contributed by atoms with E-state index < -0.39 is 10.9 Å². The molecule has 39 heavy (non-hydrogen) atoms. The molecular weight excluding hydrogens is 549 g/mol. The molecule has 4 aromatic rings. The number of rotatable bonds is 9. The second kappa shape index (κ2) is 12.7. The fourth-order valence-electron chi connectivity index (χ4n) is 4.16. The number of carbonyl (C=O) groups excluding carboxylic acids is 1. The summed E-state index contributed by atoms with van der Waals surface area (Å²) in [5.41, 5.74) is 2.01. The van der Waals surface area contributed by atoms with Gasteiger partial charge in [-0.05, 0) is 35.9 Å². The van der Waals surface area contributed by atoms with Crippen molar-refractivity contribution >= 4 is 30.0 Å². The van der Waals surface area contributed by atoms with Crippen molar-refractivity contribution in [1.29, 1.82) is 0 Å². The van der Waals surface area contributed by atoms with Crippen molar-refractivity contribution in [3.05, 3.63) is 111 Å². The van der Waals surface area contributed by atoms with Crippen LogP contribution in [0.15, 0.2) is 85.5 Å². The van der Waals surface area contributed by atoms with Crippen LogP contribution in [0.5, 0.6) is 11.5 Å². The normalized spacial score (nSPS) is 18.2. The largest absolute Gasteiger partial charge is 0.491 e. The van der Waals surface area contributed by atoms with Gasteiger partial charge in [0.1, 0.15) is 31.0 Å². The SMILES string of the molecule is C=O.O=[N+]([O-])Oc1ccccc1-c1ccc(OCC2COC(Cn3ccnc3)(c3ccc(Cl)cc3Cl)O2)cc1. The number of para-hydroxylation sites is 1. The van der Waals surface area contributed by atoms with Gasteiger partial charge in [0.25, 0.3) is 5.09 Å². The van der Waals surface area contributed by atoms with Gasteiger partial charge in [-0.3, -0.25) is 4.84 Å². The summed E-state index contributed by atoms with van der Waals surface area (Å²) in [4.78, 5) is 27.6. The van der Waals surface area contributed by atoms with E-state index in [9.17, 15) is 10.1 Å². The Labute approximate surface area is 233 Å². The van der Waals surface area contributed by atoms with E-state index in [4.69, 9.17) is 47.0 Å². The molecule has 1 saturated heterocycles. The summed E-state index contributed by atoms with van der Waals surface area (Å²) >= 11 is 12.6. The molecule has 1 aromatic heterocycles. The van der Waals surface area contributed by atoms with Crippen LogP contribution >= 0.6 is 23.2 Å². The third kappa shape index (κ3) is 6.73. The molecule has 0 spiro atoms. The summed E-state index contributed by atoms with van der Waals surface area (Å²) in [6.07, 6.45) is 4.80. The number of imidazole rings is 1. The van der Waals surface area contributed by atoms with E-state index in [2.05, 4.69) is 4.98 Å². The maximum Gasteiger partial charge on any atom is 0.299 e. The topological polar surface area (TPSA) is 115 Å². The van der Waals surface area contributed by atoms with Crippen molar-refractivity contribution in [2.45, 2.75) is 18.4 Å². The van der Waals surface area contributed by atoms with Gasteiger partial charge in [0.15, 0.2) is 0 Å². The highest BCUT2D eigenvalue weighted by Crippen LogP contribution is 2.40. The molecule has 3 aromatic carbocycles. The van der Waals surface area contributed by atoms with Crippen LogP contribution in [0.2, 0.25) is 10.0 Å². The standard InChI is InChI=1S/C26H21Cl2N3O6.CH2O/c27-19-7-10-23(24(28)13-19)26(16-30-12-11-29-17-30)35-15-21(36-26)14-34-20-8-5-18(6-9-20)22-3-1-2-4-25(22)37-31(32)33;1-2/h1-13,17,21H,14-16H2;1H2. The van der Waals surface area contributed by atoms with Gasteiger partial charge < -0.3 is 23.6 Å². The molecule has 0 radical (unpaired) electrons. The summed E-state index contributed by atoms with van der Waals surface area (Å²) in [5, 5.41) is 10.9. The van der Waals surface area contributed by atoms with Crippen molar-refractivity contribution in [3.63, 3.8) is 0 Å². The Morgan fingerprint density at radius 1 is 1.13 bits per heavy atom. The Kier molecular flexibility index (Phi) is 9.15. The first kappa shape index (κ1) is 28.1. The zero-order chi connectivity index (χ0) is 27.8. The highest BCUT2D eigenvalue weighted by molar-refractivity contribution is 6.35. The number of benzene rings is 3. The molecule has 2 atom stereocenters. The van der Waals surface area contributed by atoms with E-state index in [0.717, 1.165) is 5.56 Å². The van der Waals surface area contributed by atoms with Crippen molar-refractivity contribution in [2.75, 3.05) is 13.2 Å². The van der Waals surface area contributed by atoms with Gasteiger partial charge in [-0.15, -0.1) is 10.1 Å². The van der Waals surface area contributed by atoms with Gasteiger partial charge in [0.2, 0.25) is 5.79 Å². The van der Waals surface area contributed by atoms with E-state index in [0.29, 0.717) is 33.5 Å². The average Bonchev–Trinajstić information content (AvgIpc) is 3.60. The number of halogens is 2. The number of aromatic nitrogens is 2. The zero-order valence-electron chi connectivity index (χ0n) is 20.4. The van der Waals surface area contributed by atoms with Crippen LogP contribution in [-0.2, 0) is 26.6 Å². The van der Waals surface area contributed by atoms with Crippen molar-refractivity contribution < 1.29 is 28.9 Å². The predicted octanol–water partition coefficient (Wildman–Crippen LogP) is 5.59. The van der Waals surface area contributed by atoms with Crippen LogP contribution in [0, 0.1) is 10.1 Å².